The van der Waals surface area contributed by atoms with E-state index in [1.807, 2.05) is 12.3 Å². The number of ether oxygens (including phenoxy) is 2. The second-order valence-electron chi connectivity index (χ2n) is 15.2. The largest absolute Gasteiger partial charge is 0.469 e. The van der Waals surface area contributed by atoms with Gasteiger partial charge in [0.1, 0.15) is 5.76 Å². The summed E-state index contributed by atoms with van der Waals surface area (Å²) in [5.74, 6) is 2.15. The van der Waals surface area contributed by atoms with Crippen molar-refractivity contribution in [2.24, 2.45) is 28.6 Å². The molecule has 1 N–H and O–H groups in total. The molecule has 0 amide bonds. The Morgan fingerprint density at radius 1 is 0.805 bits per heavy atom. The van der Waals surface area contributed by atoms with E-state index in [1.54, 1.807) is 0 Å². The van der Waals surface area contributed by atoms with E-state index in [0.29, 0.717) is 23.7 Å². The standard InChI is InChI=1S/C35H56N2O4/c1-32-16-13-28-29(34(32,38)17-14-30(32)31-10-8-24-39-31)12-11-27-9-7-15-35(33(27,28)2,40-25-22-36-18-3-4-19-36)41-26-23-37-20-5-6-21-37/h8,10,24,27-30,38H,3-7,9,11-23,25-26H2,1-2H3/t27-,28+,29-,30+,32-,33+,34+/m1/s1. The Bertz CT molecular complexity index is 997. The zero-order chi connectivity index (χ0) is 28.1. The highest BCUT2D eigenvalue weighted by Gasteiger charge is 2.71. The van der Waals surface area contributed by atoms with E-state index in [9.17, 15) is 5.11 Å². The highest BCUT2D eigenvalue weighted by Crippen LogP contribution is 2.72. The molecule has 0 spiro atoms. The van der Waals surface area contributed by atoms with E-state index < -0.39 is 11.4 Å². The van der Waals surface area contributed by atoms with Gasteiger partial charge in [-0.15, -0.1) is 0 Å². The molecule has 1 aromatic heterocycles. The van der Waals surface area contributed by atoms with Crippen molar-refractivity contribution < 1.29 is 19.0 Å². The van der Waals surface area contributed by atoms with Crippen molar-refractivity contribution in [3.8, 4) is 0 Å². The maximum atomic E-state index is 12.8. The van der Waals surface area contributed by atoms with Gasteiger partial charge in [-0.3, -0.25) is 0 Å². The van der Waals surface area contributed by atoms with Crippen molar-refractivity contribution in [1.29, 1.82) is 0 Å². The number of likely N-dealkylation sites (tertiary alicyclic amines) is 2. The predicted molar refractivity (Wildman–Crippen MR) is 161 cm³/mol. The minimum absolute atomic E-state index is 0.0794. The van der Waals surface area contributed by atoms with Gasteiger partial charge in [-0.05, 0) is 133 Å². The van der Waals surface area contributed by atoms with Gasteiger partial charge < -0.3 is 28.8 Å². The second kappa shape index (κ2) is 11.2. The molecule has 4 aliphatic carbocycles. The van der Waals surface area contributed by atoms with Crippen LogP contribution in [0.15, 0.2) is 22.8 Å². The summed E-state index contributed by atoms with van der Waals surface area (Å²) in [6.45, 7) is 13.3. The highest BCUT2D eigenvalue weighted by molar-refractivity contribution is 5.25. The molecule has 6 heteroatoms. The highest BCUT2D eigenvalue weighted by atomic mass is 16.7. The zero-order valence-electron chi connectivity index (χ0n) is 26.0. The number of hydrogen-bond acceptors (Lipinski definition) is 6. The number of rotatable bonds is 9. The first-order valence-corrected chi connectivity index (χ1v) is 17.4. The van der Waals surface area contributed by atoms with Crippen molar-refractivity contribution in [3.63, 3.8) is 0 Å². The van der Waals surface area contributed by atoms with Gasteiger partial charge in [-0.25, -0.2) is 0 Å². The van der Waals surface area contributed by atoms with E-state index >= 15 is 0 Å². The minimum Gasteiger partial charge on any atom is -0.469 e. The van der Waals surface area contributed by atoms with Crippen LogP contribution in [0.2, 0.25) is 0 Å². The molecule has 6 fully saturated rings. The third-order valence-electron chi connectivity index (χ3n) is 13.7. The molecule has 6 nitrogen and oxygen atoms in total. The minimum atomic E-state index is -0.657. The first-order chi connectivity index (χ1) is 19.9. The second-order valence-corrected chi connectivity index (χ2v) is 15.2. The summed E-state index contributed by atoms with van der Waals surface area (Å²) in [5.41, 5.74) is -0.876. The van der Waals surface area contributed by atoms with Crippen LogP contribution in [0, 0.1) is 28.6 Å². The van der Waals surface area contributed by atoms with Crippen molar-refractivity contribution >= 4 is 0 Å². The molecule has 6 aliphatic rings. The Morgan fingerprint density at radius 3 is 2.12 bits per heavy atom. The molecular weight excluding hydrogens is 512 g/mol. The van der Waals surface area contributed by atoms with Crippen molar-refractivity contribution in [1.82, 2.24) is 9.80 Å². The summed E-state index contributed by atoms with van der Waals surface area (Å²) in [7, 11) is 0. The molecule has 2 saturated heterocycles. The first kappa shape index (κ1) is 28.8. The van der Waals surface area contributed by atoms with Gasteiger partial charge in [0.15, 0.2) is 5.79 Å². The molecule has 0 bridgehead atoms. The topological polar surface area (TPSA) is 58.3 Å². The Labute approximate surface area is 248 Å². The lowest BCUT2D eigenvalue weighted by Gasteiger charge is -2.67. The quantitative estimate of drug-likeness (QED) is 0.346. The zero-order valence-corrected chi connectivity index (χ0v) is 26.0. The normalized spacial score (nSPS) is 42.7. The first-order valence-electron chi connectivity index (χ1n) is 17.4. The average Bonchev–Trinajstić information content (AvgIpc) is 3.78. The lowest BCUT2D eigenvalue weighted by atomic mass is 9.42. The summed E-state index contributed by atoms with van der Waals surface area (Å²) in [6.07, 6.45) is 17.0. The molecule has 3 heterocycles. The Morgan fingerprint density at radius 2 is 1.49 bits per heavy atom. The molecule has 7 rings (SSSR count). The Hall–Kier alpha value is -0.920. The van der Waals surface area contributed by atoms with Crippen molar-refractivity contribution in [3.05, 3.63) is 24.2 Å². The maximum absolute atomic E-state index is 12.8. The maximum Gasteiger partial charge on any atom is 0.174 e. The van der Waals surface area contributed by atoms with Gasteiger partial charge in [0.05, 0.1) is 25.1 Å². The summed E-state index contributed by atoms with van der Waals surface area (Å²) < 4.78 is 20.3. The molecule has 7 atom stereocenters. The molecule has 4 saturated carbocycles. The third-order valence-corrected chi connectivity index (χ3v) is 13.7. The van der Waals surface area contributed by atoms with Gasteiger partial charge in [0.25, 0.3) is 0 Å². The monoisotopic (exact) mass is 568 g/mol. The number of furan rings is 1. The van der Waals surface area contributed by atoms with E-state index in [0.717, 1.165) is 70.6 Å². The Kier molecular flexibility index (Phi) is 7.89. The number of hydrogen-bond donors (Lipinski definition) is 1. The van der Waals surface area contributed by atoms with Crippen LogP contribution >= 0.6 is 0 Å². The fourth-order valence-corrected chi connectivity index (χ4v) is 11.4. The van der Waals surface area contributed by atoms with Crippen LogP contribution in [0.3, 0.4) is 0 Å². The van der Waals surface area contributed by atoms with E-state index in [-0.39, 0.29) is 10.8 Å². The van der Waals surface area contributed by atoms with E-state index in [2.05, 4.69) is 29.7 Å². The molecule has 41 heavy (non-hydrogen) atoms. The fraction of sp³-hybridized carbons (Fsp3) is 0.886. The lowest BCUT2D eigenvalue weighted by molar-refractivity contribution is -0.359. The number of fused-ring (bicyclic) bond motifs is 5. The number of nitrogens with zero attached hydrogens (tertiary/aromatic N) is 2. The lowest BCUT2D eigenvalue weighted by Crippen LogP contribution is -2.68. The summed E-state index contributed by atoms with van der Waals surface area (Å²) in [6, 6.07) is 4.16. The molecule has 2 aliphatic heterocycles. The average molecular weight is 569 g/mol. The van der Waals surface area contributed by atoms with Gasteiger partial charge >= 0.3 is 0 Å². The van der Waals surface area contributed by atoms with Crippen molar-refractivity contribution in [2.75, 3.05) is 52.5 Å². The molecule has 0 radical (unpaired) electrons. The van der Waals surface area contributed by atoms with E-state index in [1.165, 1.54) is 71.1 Å². The summed E-state index contributed by atoms with van der Waals surface area (Å²) in [4.78, 5) is 5.15. The predicted octanol–water partition coefficient (Wildman–Crippen LogP) is 6.44. The number of aliphatic hydroxyl groups is 1. The van der Waals surface area contributed by atoms with E-state index in [4.69, 9.17) is 13.9 Å². The van der Waals surface area contributed by atoms with Gasteiger partial charge in [-0.2, -0.15) is 0 Å². The van der Waals surface area contributed by atoms with Crippen molar-refractivity contribution in [2.45, 2.75) is 115 Å². The van der Waals surface area contributed by atoms with Crippen LogP contribution in [-0.2, 0) is 9.47 Å². The Balaban J connectivity index is 1.18. The molecular formula is C35H56N2O4. The van der Waals surface area contributed by atoms with Crippen LogP contribution in [0.4, 0.5) is 0 Å². The summed E-state index contributed by atoms with van der Waals surface area (Å²) in [5, 5.41) is 12.8. The molecule has 230 valence electrons. The third kappa shape index (κ3) is 4.60. The van der Waals surface area contributed by atoms with Gasteiger partial charge in [-0.1, -0.05) is 13.8 Å². The van der Waals surface area contributed by atoms with Crippen LogP contribution in [0.1, 0.15) is 109 Å². The van der Waals surface area contributed by atoms with Crippen LogP contribution in [0.25, 0.3) is 0 Å². The molecule has 0 aromatic carbocycles. The molecule has 0 unspecified atom stereocenters. The SMILES string of the molecule is C[C@@]12[C@H](CCCC1(OCCN1CCCC1)OCCN1CCCC1)CC[C@@H]1[C@@H]2CC[C@]2(C)[C@H](c3ccco3)CC[C@]12O. The van der Waals surface area contributed by atoms with Gasteiger partial charge in [0.2, 0.25) is 0 Å². The molecule has 1 aromatic rings. The summed E-state index contributed by atoms with van der Waals surface area (Å²) >= 11 is 0. The smallest absolute Gasteiger partial charge is 0.174 e. The van der Waals surface area contributed by atoms with Gasteiger partial charge in [0, 0.05) is 36.3 Å². The fourth-order valence-electron chi connectivity index (χ4n) is 11.4. The van der Waals surface area contributed by atoms with Crippen LogP contribution < -0.4 is 0 Å². The van der Waals surface area contributed by atoms with Crippen LogP contribution in [-0.4, -0.2) is 78.8 Å². The van der Waals surface area contributed by atoms with Crippen LogP contribution in [0.5, 0.6) is 0 Å².